The maximum Gasteiger partial charge on any atom is 0.213 e. The Morgan fingerprint density at radius 1 is 1.25 bits per heavy atom. The summed E-state index contributed by atoms with van der Waals surface area (Å²) in [7, 11) is 0. The molecule has 0 bridgehead atoms. The summed E-state index contributed by atoms with van der Waals surface area (Å²) in [5, 5.41) is 8.41. The van der Waals surface area contributed by atoms with Crippen molar-refractivity contribution in [1.29, 1.82) is 0 Å². The van der Waals surface area contributed by atoms with Crippen molar-refractivity contribution in [3.63, 3.8) is 0 Å². The number of aromatic nitrogens is 1. The predicted molar refractivity (Wildman–Crippen MR) is 79.0 cm³/mol. The van der Waals surface area contributed by atoms with E-state index >= 15 is 0 Å². The smallest absolute Gasteiger partial charge is 0.213 e. The van der Waals surface area contributed by atoms with Crippen LogP contribution < -0.4 is 10.6 Å². The van der Waals surface area contributed by atoms with Crippen molar-refractivity contribution in [3.8, 4) is 0 Å². The summed E-state index contributed by atoms with van der Waals surface area (Å²) in [5.74, 6) is -0.0800. The molecular weight excluding hydrogens is 274 g/mol. The lowest BCUT2D eigenvalue weighted by Gasteiger charge is -2.01. The third-order valence-corrected chi connectivity index (χ3v) is 3.35. The fourth-order valence-corrected chi connectivity index (χ4v) is 2.31. The van der Waals surface area contributed by atoms with Gasteiger partial charge in [-0.25, -0.2) is 4.98 Å². The number of thiazole rings is 1. The highest BCUT2D eigenvalue weighted by Gasteiger charge is 2.12. The molecule has 1 heterocycles. The van der Waals surface area contributed by atoms with Gasteiger partial charge in [-0.3, -0.25) is 9.59 Å². The molecule has 0 aliphatic carbocycles. The second-order valence-electron chi connectivity index (χ2n) is 3.98. The molecule has 1 radical (unpaired) electrons. The highest BCUT2D eigenvalue weighted by atomic mass is 32.1. The van der Waals surface area contributed by atoms with Crippen molar-refractivity contribution in [2.24, 2.45) is 0 Å². The zero-order valence-corrected chi connectivity index (χ0v) is 11.6. The van der Waals surface area contributed by atoms with Crippen molar-refractivity contribution < 1.29 is 9.59 Å². The summed E-state index contributed by atoms with van der Waals surface area (Å²) < 4.78 is 0. The van der Waals surface area contributed by atoms with Crippen LogP contribution in [0.4, 0.5) is 5.13 Å². The summed E-state index contributed by atoms with van der Waals surface area (Å²) in [6.45, 7) is 1.49. The number of hydrogen-bond donors (Lipinski definition) is 2. The number of anilines is 1. The molecule has 2 rings (SSSR count). The Kier molecular flexibility index (Phi) is 5.40. The van der Waals surface area contributed by atoms with Crippen LogP contribution in [0.25, 0.3) is 0 Å². The minimum Gasteiger partial charge on any atom is -0.360 e. The van der Waals surface area contributed by atoms with Gasteiger partial charge in [0.05, 0.1) is 6.54 Å². The zero-order valence-electron chi connectivity index (χ0n) is 10.8. The summed E-state index contributed by atoms with van der Waals surface area (Å²) in [5.41, 5.74) is 1.07. The minimum atomic E-state index is -0.0800. The van der Waals surface area contributed by atoms with Gasteiger partial charge in [0.2, 0.25) is 12.1 Å². The molecule has 0 aliphatic heterocycles. The molecule has 20 heavy (non-hydrogen) atoms. The summed E-state index contributed by atoms with van der Waals surface area (Å²) in [6.07, 6.45) is 1.76. The first-order valence-corrected chi connectivity index (χ1v) is 7.04. The van der Waals surface area contributed by atoms with Crippen LogP contribution in [-0.2, 0) is 4.79 Å². The molecule has 0 fully saturated rings. The van der Waals surface area contributed by atoms with E-state index in [1.807, 2.05) is 18.2 Å². The summed E-state index contributed by atoms with van der Waals surface area (Å²) in [6, 6.07) is 9.07. The van der Waals surface area contributed by atoms with Gasteiger partial charge < -0.3 is 10.6 Å². The van der Waals surface area contributed by atoms with Crippen molar-refractivity contribution in [1.82, 2.24) is 10.3 Å². The van der Waals surface area contributed by atoms with E-state index in [0.717, 1.165) is 0 Å². The monoisotopic (exact) mass is 288 g/mol. The SMILES string of the molecule is O=[C]CNCCNc1nc(C(=O)c2ccccc2)cs1. The van der Waals surface area contributed by atoms with Crippen LogP contribution in [0, 0.1) is 0 Å². The fraction of sp³-hybridized carbons (Fsp3) is 0.214. The number of benzene rings is 1. The molecule has 0 amide bonds. The molecule has 0 aliphatic rings. The van der Waals surface area contributed by atoms with Gasteiger partial charge in [-0.2, -0.15) is 0 Å². The summed E-state index contributed by atoms with van der Waals surface area (Å²) >= 11 is 1.39. The minimum absolute atomic E-state index is 0.0800. The molecule has 0 spiro atoms. The fourth-order valence-electron chi connectivity index (χ4n) is 1.59. The summed E-state index contributed by atoms with van der Waals surface area (Å²) in [4.78, 5) is 26.4. The number of nitrogens with one attached hydrogen (secondary N) is 2. The van der Waals surface area contributed by atoms with Crippen molar-refractivity contribution >= 4 is 28.5 Å². The largest absolute Gasteiger partial charge is 0.360 e. The normalized spacial score (nSPS) is 10.2. The Bertz CT molecular complexity index is 569. The molecular formula is C14H14N3O2S. The first kappa shape index (κ1) is 14.4. The highest BCUT2D eigenvalue weighted by molar-refractivity contribution is 7.13. The van der Waals surface area contributed by atoms with E-state index < -0.39 is 0 Å². The van der Waals surface area contributed by atoms with Gasteiger partial charge in [-0.15, -0.1) is 11.3 Å². The van der Waals surface area contributed by atoms with E-state index in [9.17, 15) is 9.59 Å². The van der Waals surface area contributed by atoms with E-state index in [0.29, 0.717) is 29.5 Å². The quantitative estimate of drug-likeness (QED) is 0.569. The Hall–Kier alpha value is -2.05. The molecule has 1 aromatic heterocycles. The molecule has 6 heteroatoms. The number of nitrogens with zero attached hydrogens (tertiary/aromatic N) is 1. The average molecular weight is 288 g/mol. The number of ketones is 1. The number of rotatable bonds is 8. The standard InChI is InChI=1S/C14H14N3O2S/c18-9-8-15-6-7-16-14-17-12(10-20-14)13(19)11-4-2-1-3-5-11/h1-5,10,15H,6-8H2,(H,16,17). The van der Waals surface area contributed by atoms with E-state index in [1.54, 1.807) is 23.8 Å². The molecule has 2 N–H and O–H groups in total. The van der Waals surface area contributed by atoms with Gasteiger partial charge in [0, 0.05) is 24.0 Å². The van der Waals surface area contributed by atoms with Gasteiger partial charge in [0.15, 0.2) is 5.13 Å². The van der Waals surface area contributed by atoms with E-state index in [-0.39, 0.29) is 12.3 Å². The van der Waals surface area contributed by atoms with Crippen LogP contribution in [0.3, 0.4) is 0 Å². The van der Waals surface area contributed by atoms with Crippen LogP contribution in [0.5, 0.6) is 0 Å². The van der Waals surface area contributed by atoms with Crippen LogP contribution in [-0.4, -0.2) is 36.7 Å². The van der Waals surface area contributed by atoms with E-state index in [1.165, 1.54) is 11.3 Å². The topological polar surface area (TPSA) is 71.1 Å². The number of hydrogen-bond acceptors (Lipinski definition) is 6. The van der Waals surface area contributed by atoms with E-state index in [2.05, 4.69) is 15.6 Å². The molecule has 103 valence electrons. The third-order valence-electron chi connectivity index (χ3n) is 2.55. The third kappa shape index (κ3) is 3.97. The average Bonchev–Trinajstić information content (AvgIpc) is 2.96. The number of carbonyl (C=O) groups is 1. The van der Waals surface area contributed by atoms with Crippen LogP contribution in [0.1, 0.15) is 16.1 Å². The van der Waals surface area contributed by atoms with Gasteiger partial charge in [-0.05, 0) is 0 Å². The van der Waals surface area contributed by atoms with Crippen molar-refractivity contribution in [2.75, 3.05) is 25.0 Å². The number of carbonyl (C=O) groups excluding carboxylic acids is 2. The second kappa shape index (κ2) is 7.52. The predicted octanol–water partition coefficient (Wildman–Crippen LogP) is 1.49. The van der Waals surface area contributed by atoms with Crippen LogP contribution in [0.2, 0.25) is 0 Å². The second-order valence-corrected chi connectivity index (χ2v) is 4.84. The van der Waals surface area contributed by atoms with Gasteiger partial charge in [0.25, 0.3) is 0 Å². The van der Waals surface area contributed by atoms with Crippen LogP contribution >= 0.6 is 11.3 Å². The molecule has 1 aromatic carbocycles. The lowest BCUT2D eigenvalue weighted by Crippen LogP contribution is -2.23. The molecule has 0 saturated heterocycles. The Labute approximate surface area is 121 Å². The Morgan fingerprint density at radius 2 is 2.05 bits per heavy atom. The first-order chi connectivity index (χ1) is 9.81. The van der Waals surface area contributed by atoms with Gasteiger partial charge >= 0.3 is 0 Å². The Morgan fingerprint density at radius 3 is 2.80 bits per heavy atom. The molecule has 0 unspecified atom stereocenters. The first-order valence-electron chi connectivity index (χ1n) is 6.16. The molecule has 0 saturated carbocycles. The van der Waals surface area contributed by atoms with E-state index in [4.69, 9.17) is 0 Å². The van der Waals surface area contributed by atoms with Gasteiger partial charge in [-0.1, -0.05) is 30.3 Å². The maximum atomic E-state index is 12.1. The molecule has 5 nitrogen and oxygen atoms in total. The maximum absolute atomic E-state index is 12.1. The highest BCUT2D eigenvalue weighted by Crippen LogP contribution is 2.17. The van der Waals surface area contributed by atoms with Crippen molar-refractivity contribution in [2.45, 2.75) is 0 Å². The zero-order chi connectivity index (χ0) is 14.2. The van der Waals surface area contributed by atoms with Gasteiger partial charge in [0.1, 0.15) is 5.69 Å². The van der Waals surface area contributed by atoms with Crippen LogP contribution in [0.15, 0.2) is 35.7 Å². The lowest BCUT2D eigenvalue weighted by molar-refractivity contribution is 0.103. The van der Waals surface area contributed by atoms with Crippen molar-refractivity contribution in [3.05, 3.63) is 47.0 Å². The molecule has 0 atom stereocenters. The Balaban J connectivity index is 1.89. The lowest BCUT2D eigenvalue weighted by atomic mass is 10.1. The molecule has 2 aromatic rings.